The Bertz CT molecular complexity index is 1170. The number of ether oxygens (including phenoxy) is 3. The van der Waals surface area contributed by atoms with E-state index in [1.165, 1.54) is 19.3 Å². The predicted molar refractivity (Wildman–Crippen MR) is 137 cm³/mol. The van der Waals surface area contributed by atoms with Crippen molar-refractivity contribution >= 4 is 33.5 Å². The molecule has 1 fully saturated rings. The van der Waals surface area contributed by atoms with Gasteiger partial charge in [0.1, 0.15) is 0 Å². The van der Waals surface area contributed by atoms with Crippen LogP contribution in [-0.2, 0) is 0 Å². The minimum Gasteiger partial charge on any atom is -0.493 e. The van der Waals surface area contributed by atoms with Crippen LogP contribution in [0.15, 0.2) is 56.3 Å². The second-order valence-electron chi connectivity index (χ2n) is 7.82. The van der Waals surface area contributed by atoms with Gasteiger partial charge in [-0.1, -0.05) is 53.4 Å². The Morgan fingerprint density at radius 3 is 2.33 bits per heavy atom. The molecule has 0 N–H and O–H groups in total. The smallest absolute Gasteiger partial charge is 0.206 e. The van der Waals surface area contributed by atoms with Gasteiger partial charge in [-0.2, -0.15) is 5.10 Å². The number of thiazole rings is 1. The Morgan fingerprint density at radius 1 is 1.00 bits per heavy atom. The number of hydrogen-bond donors (Lipinski definition) is 0. The molecule has 6 nitrogen and oxygen atoms in total. The van der Waals surface area contributed by atoms with Crippen molar-refractivity contribution < 1.29 is 14.2 Å². The zero-order valence-electron chi connectivity index (χ0n) is 19.1. The van der Waals surface area contributed by atoms with Crippen LogP contribution in [0.1, 0.15) is 37.7 Å². The van der Waals surface area contributed by atoms with E-state index in [9.17, 15) is 0 Å². The van der Waals surface area contributed by atoms with Gasteiger partial charge in [0.2, 0.25) is 10.6 Å². The third-order valence-electron chi connectivity index (χ3n) is 5.71. The summed E-state index contributed by atoms with van der Waals surface area (Å²) in [4.78, 5) is 5.98. The number of hydrogen-bond acceptors (Lipinski definition) is 6. The van der Waals surface area contributed by atoms with Crippen LogP contribution in [0.3, 0.4) is 0 Å². The Balaban J connectivity index is 1.80. The number of methoxy groups -OCH3 is 3. The monoisotopic (exact) mass is 529 g/mol. The minimum absolute atomic E-state index is 0.354. The molecule has 0 unspecified atom stereocenters. The maximum atomic E-state index is 5.49. The van der Waals surface area contributed by atoms with Crippen molar-refractivity contribution in [2.75, 3.05) is 21.3 Å². The molecule has 4 rings (SSSR count). The van der Waals surface area contributed by atoms with E-state index >= 15 is 0 Å². The molecule has 1 heterocycles. The van der Waals surface area contributed by atoms with E-state index in [0.717, 1.165) is 38.9 Å². The number of nitrogens with zero attached hydrogens (tertiary/aromatic N) is 3. The van der Waals surface area contributed by atoms with Crippen LogP contribution in [0, 0.1) is 0 Å². The summed E-state index contributed by atoms with van der Waals surface area (Å²) in [5, 5.41) is 6.98. The first-order valence-corrected chi connectivity index (χ1v) is 12.7. The average Bonchev–Trinajstić information content (AvgIpc) is 3.24. The molecule has 0 bridgehead atoms. The van der Waals surface area contributed by atoms with Crippen molar-refractivity contribution in [1.82, 2.24) is 4.68 Å². The SMILES string of the molecule is COc1cc(C=Nn2c(-c3ccccc3Br)csc2=NC2CCCCC2)cc(OC)c1OC. The standard InChI is InChI=1S/C25H28BrN3O3S/c1-30-22-13-17(14-23(31-2)24(22)32-3)15-27-29-21(19-11-7-8-12-20(19)26)16-33-25(29)28-18-9-5-4-6-10-18/h7-8,11-16,18H,4-6,9-10H2,1-3H3. The predicted octanol–water partition coefficient (Wildman–Crippen LogP) is 6.12. The molecule has 1 aliphatic rings. The van der Waals surface area contributed by atoms with Gasteiger partial charge < -0.3 is 14.2 Å². The lowest BCUT2D eigenvalue weighted by Crippen LogP contribution is -2.19. The summed E-state index contributed by atoms with van der Waals surface area (Å²) in [5.41, 5.74) is 2.90. The summed E-state index contributed by atoms with van der Waals surface area (Å²) in [6, 6.07) is 12.3. The average molecular weight is 530 g/mol. The van der Waals surface area contributed by atoms with E-state index in [2.05, 4.69) is 27.4 Å². The van der Waals surface area contributed by atoms with Gasteiger partial charge in [-0.25, -0.2) is 4.68 Å². The molecule has 8 heteroatoms. The van der Waals surface area contributed by atoms with E-state index < -0.39 is 0 Å². The summed E-state index contributed by atoms with van der Waals surface area (Å²) in [7, 11) is 4.81. The van der Waals surface area contributed by atoms with Crippen molar-refractivity contribution in [3.63, 3.8) is 0 Å². The first-order chi connectivity index (χ1) is 16.1. The molecule has 3 aromatic rings. The fourth-order valence-electron chi connectivity index (χ4n) is 4.02. The first kappa shape index (κ1) is 23.6. The second kappa shape index (κ2) is 11.0. The normalized spacial score (nSPS) is 15.2. The van der Waals surface area contributed by atoms with E-state index in [1.807, 2.05) is 35.0 Å². The van der Waals surface area contributed by atoms with Gasteiger partial charge in [0.05, 0.1) is 39.3 Å². The third-order valence-corrected chi connectivity index (χ3v) is 7.23. The molecule has 0 saturated heterocycles. The van der Waals surface area contributed by atoms with Crippen LogP contribution in [0.25, 0.3) is 11.3 Å². The van der Waals surface area contributed by atoms with E-state index in [1.54, 1.807) is 38.9 Å². The Labute approximate surface area is 206 Å². The zero-order valence-corrected chi connectivity index (χ0v) is 21.5. The maximum Gasteiger partial charge on any atom is 0.206 e. The van der Waals surface area contributed by atoms with Crippen LogP contribution in [-0.4, -0.2) is 38.3 Å². The molecular weight excluding hydrogens is 502 g/mol. The van der Waals surface area contributed by atoms with Crippen molar-refractivity contribution in [3.05, 3.63) is 56.6 Å². The lowest BCUT2D eigenvalue weighted by atomic mass is 9.96. The van der Waals surface area contributed by atoms with Gasteiger partial charge in [-0.3, -0.25) is 4.99 Å². The van der Waals surface area contributed by atoms with Crippen LogP contribution in [0.5, 0.6) is 17.2 Å². The van der Waals surface area contributed by atoms with E-state index in [0.29, 0.717) is 23.3 Å². The summed E-state index contributed by atoms with van der Waals surface area (Å²) < 4.78 is 19.4. The molecule has 0 atom stereocenters. The maximum absolute atomic E-state index is 5.49. The Hall–Kier alpha value is -2.58. The van der Waals surface area contributed by atoms with Crippen molar-refractivity contribution in [1.29, 1.82) is 0 Å². The first-order valence-electron chi connectivity index (χ1n) is 11.0. The van der Waals surface area contributed by atoms with Crippen molar-refractivity contribution in [2.24, 2.45) is 10.1 Å². The highest BCUT2D eigenvalue weighted by Crippen LogP contribution is 2.38. The molecule has 2 aromatic carbocycles. The van der Waals surface area contributed by atoms with Crippen LogP contribution in [0.2, 0.25) is 0 Å². The Morgan fingerprint density at radius 2 is 1.70 bits per heavy atom. The van der Waals surface area contributed by atoms with E-state index in [4.69, 9.17) is 24.3 Å². The number of rotatable bonds is 7. The lowest BCUT2D eigenvalue weighted by molar-refractivity contribution is 0.324. The molecule has 0 spiro atoms. The van der Waals surface area contributed by atoms with Crippen molar-refractivity contribution in [3.8, 4) is 28.5 Å². The molecule has 33 heavy (non-hydrogen) atoms. The minimum atomic E-state index is 0.354. The van der Waals surface area contributed by atoms with Gasteiger partial charge in [-0.05, 0) is 31.0 Å². The summed E-state index contributed by atoms with van der Waals surface area (Å²) >= 11 is 5.31. The van der Waals surface area contributed by atoms with Gasteiger partial charge >= 0.3 is 0 Å². The third kappa shape index (κ3) is 5.33. The molecule has 1 aliphatic carbocycles. The lowest BCUT2D eigenvalue weighted by Gasteiger charge is -2.17. The van der Waals surface area contributed by atoms with E-state index in [-0.39, 0.29) is 0 Å². The van der Waals surface area contributed by atoms with Crippen molar-refractivity contribution in [2.45, 2.75) is 38.1 Å². The molecule has 0 radical (unpaired) electrons. The topological polar surface area (TPSA) is 57.3 Å². The number of benzene rings is 2. The van der Waals surface area contributed by atoms with Gasteiger partial charge in [0, 0.05) is 21.0 Å². The van der Waals surface area contributed by atoms with Gasteiger partial charge in [0.15, 0.2) is 11.5 Å². The highest BCUT2D eigenvalue weighted by atomic mass is 79.9. The van der Waals surface area contributed by atoms with Gasteiger partial charge in [-0.15, -0.1) is 11.3 Å². The number of aromatic nitrogens is 1. The Kier molecular flexibility index (Phi) is 7.88. The number of halogens is 1. The van der Waals surface area contributed by atoms with Crippen LogP contribution >= 0.6 is 27.3 Å². The highest BCUT2D eigenvalue weighted by Gasteiger charge is 2.16. The quantitative estimate of drug-likeness (QED) is 0.346. The van der Waals surface area contributed by atoms with Gasteiger partial charge in [0.25, 0.3) is 0 Å². The fraction of sp³-hybridized carbons (Fsp3) is 0.360. The largest absolute Gasteiger partial charge is 0.493 e. The summed E-state index contributed by atoms with van der Waals surface area (Å²) in [6.45, 7) is 0. The molecule has 0 aliphatic heterocycles. The fourth-order valence-corrected chi connectivity index (χ4v) is 5.41. The molecule has 174 valence electrons. The highest BCUT2D eigenvalue weighted by molar-refractivity contribution is 9.10. The molecule has 1 saturated carbocycles. The second-order valence-corrected chi connectivity index (χ2v) is 9.51. The molecule has 1 aromatic heterocycles. The van der Waals surface area contributed by atoms with Crippen LogP contribution < -0.4 is 19.0 Å². The molecule has 0 amide bonds. The van der Waals surface area contributed by atoms with Crippen LogP contribution in [0.4, 0.5) is 0 Å². The summed E-state index contributed by atoms with van der Waals surface area (Å²) in [5.74, 6) is 1.74. The summed E-state index contributed by atoms with van der Waals surface area (Å²) in [6.07, 6.45) is 7.86. The zero-order chi connectivity index (χ0) is 23.2. The molecular formula is C25H28BrN3O3S.